The van der Waals surface area contributed by atoms with Crippen LogP contribution in [0.5, 0.6) is 0 Å². The van der Waals surface area contributed by atoms with Crippen LogP contribution in [0.25, 0.3) is 0 Å². The molecule has 0 unspecified atom stereocenters. The second kappa shape index (κ2) is 23.0. The van der Waals surface area contributed by atoms with E-state index in [4.69, 9.17) is 0 Å². The third-order valence-corrected chi connectivity index (χ3v) is 0. The maximum absolute atomic E-state index is 2.27. The molecule has 0 rings (SSSR count). The van der Waals surface area contributed by atoms with Crippen molar-refractivity contribution in [2.75, 3.05) is 0 Å². The molecule has 6 radical (unpaired) electrons. The molecule has 0 fully saturated rings. The molecule has 72 valence electrons. The standard InChI is InChI=1S/2C3H9Si.2CH3.Al.Bi/c2*1-4(2)3;;;;/h2*1-3H3;2*1H3;;. The first-order valence-corrected chi connectivity index (χ1v) is 12.5. The summed E-state index contributed by atoms with van der Waals surface area (Å²) in [5.41, 5.74) is 0. The molecular formula is C8H24AlBiSi2. The topological polar surface area (TPSA) is 0 Å². The first-order valence-electron chi connectivity index (χ1n) is 4.15. The van der Waals surface area contributed by atoms with E-state index in [-0.39, 0.29) is 43.8 Å². The van der Waals surface area contributed by atoms with Crippen molar-refractivity contribution in [2.45, 2.75) is 50.9 Å². The van der Waals surface area contributed by atoms with Gasteiger partial charge in [0.25, 0.3) is 0 Å². The average molecular weight is 412 g/mol. The van der Waals surface area contributed by atoms with Crippen molar-refractivity contribution in [2.24, 2.45) is 0 Å². The third kappa shape index (κ3) is 408. The van der Waals surface area contributed by atoms with Crippen LogP contribution in [0.1, 0.15) is 0 Å². The summed E-state index contributed by atoms with van der Waals surface area (Å²) in [6, 6.07) is 0. The van der Waals surface area contributed by atoms with E-state index in [1.165, 1.54) is 0 Å². The van der Waals surface area contributed by atoms with Crippen LogP contribution in [0.3, 0.4) is 0 Å². The van der Waals surface area contributed by atoms with Crippen molar-refractivity contribution in [1.29, 1.82) is 0 Å². The number of hydrogen-bond donors (Lipinski definition) is 0. The predicted molar refractivity (Wildman–Crippen MR) is 69.9 cm³/mol. The van der Waals surface area contributed by atoms with Gasteiger partial charge in [0.05, 0.1) is 0 Å². The summed E-state index contributed by atoms with van der Waals surface area (Å²) in [6.07, 6.45) is 0. The molecule has 0 heterocycles. The Bertz CT molecular complexity index is 40.8. The van der Waals surface area contributed by atoms with Crippen molar-refractivity contribution in [3.63, 3.8) is 0 Å². The average Bonchev–Trinajstić information content (AvgIpc) is 1.60. The van der Waals surface area contributed by atoms with Gasteiger partial charge in [-0.2, -0.15) is 0 Å². The van der Waals surface area contributed by atoms with Gasteiger partial charge in [-0.3, -0.25) is 0 Å². The fourth-order valence-electron chi connectivity index (χ4n) is 0. The van der Waals surface area contributed by atoms with Crippen molar-refractivity contribution < 1.29 is 0 Å². The van der Waals surface area contributed by atoms with Crippen LogP contribution in [-0.4, -0.2) is 59.0 Å². The summed E-state index contributed by atoms with van der Waals surface area (Å²) >= 11 is 0.750. The van der Waals surface area contributed by atoms with E-state index < -0.39 is 0 Å². The molecule has 0 bridgehead atoms. The molecule has 4 heteroatoms. The van der Waals surface area contributed by atoms with Gasteiger partial charge in [-0.05, 0) is 0 Å². The molecule has 0 aromatic heterocycles. The van der Waals surface area contributed by atoms with Gasteiger partial charge in [0, 0.05) is 43.8 Å². The maximum Gasteiger partial charge on any atom is 0.191 e. The molecule has 0 aliphatic heterocycles. The Hall–Kier alpha value is 1.85. The van der Waals surface area contributed by atoms with E-state index in [1.54, 1.807) is 0 Å². The SMILES string of the molecule is C[Si](C)C.C[Si](C)C.[Bi].[CH3][Al][CH3]. The van der Waals surface area contributed by atoms with Gasteiger partial charge in [0.1, 0.15) is 0 Å². The fourth-order valence-corrected chi connectivity index (χ4v) is 0. The molecule has 0 aromatic rings. The number of hydrogen-bond acceptors (Lipinski definition) is 0. The predicted octanol–water partition coefficient (Wildman–Crippen LogP) is 3.15. The van der Waals surface area contributed by atoms with Gasteiger partial charge in [0.2, 0.25) is 0 Å². The van der Waals surface area contributed by atoms with Gasteiger partial charge >= 0.3 is 0 Å². The van der Waals surface area contributed by atoms with Gasteiger partial charge in [-0.15, -0.1) is 11.6 Å². The second-order valence-electron chi connectivity index (χ2n) is 3.58. The van der Waals surface area contributed by atoms with Crippen molar-refractivity contribution >= 4 is 59.0 Å². The zero-order valence-electron chi connectivity index (χ0n) is 10.0. The maximum atomic E-state index is 2.27. The van der Waals surface area contributed by atoms with E-state index in [0.717, 1.165) is 15.2 Å². The summed E-state index contributed by atoms with van der Waals surface area (Å²) in [6.45, 7) is 13.6. The molecule has 0 atom stereocenters. The Morgan fingerprint density at radius 2 is 0.667 bits per heavy atom. The molecule has 0 saturated heterocycles. The molecule has 0 amide bonds. The van der Waals surface area contributed by atoms with Gasteiger partial charge < -0.3 is 0 Å². The fraction of sp³-hybridized carbons (Fsp3) is 1.00. The van der Waals surface area contributed by atoms with E-state index in [9.17, 15) is 0 Å². The molecule has 0 nitrogen and oxygen atoms in total. The molecule has 0 saturated carbocycles. The first-order chi connectivity index (χ1) is 4.88. The molecule has 0 spiro atoms. The van der Waals surface area contributed by atoms with Crippen LogP contribution < -0.4 is 0 Å². The molecule has 0 aliphatic rings. The summed E-state index contributed by atoms with van der Waals surface area (Å²) in [4.78, 5) is 0. The van der Waals surface area contributed by atoms with Crippen LogP contribution in [0.4, 0.5) is 0 Å². The van der Waals surface area contributed by atoms with Crippen molar-refractivity contribution in [3.05, 3.63) is 0 Å². The molecule has 0 aromatic carbocycles. The van der Waals surface area contributed by atoms with Crippen LogP contribution in [0.15, 0.2) is 0 Å². The van der Waals surface area contributed by atoms with Gasteiger partial charge in [-0.1, -0.05) is 39.3 Å². The quantitative estimate of drug-likeness (QED) is 0.537. The Labute approximate surface area is 109 Å². The third-order valence-electron chi connectivity index (χ3n) is 0. The molecule has 0 N–H and O–H groups in total. The van der Waals surface area contributed by atoms with Crippen LogP contribution >= 0.6 is 0 Å². The Morgan fingerprint density at radius 3 is 0.667 bits per heavy atom. The Balaban J connectivity index is -0.0000000389. The summed E-state index contributed by atoms with van der Waals surface area (Å²) < 4.78 is 0. The van der Waals surface area contributed by atoms with Gasteiger partial charge in [-0.25, -0.2) is 0 Å². The second-order valence-corrected chi connectivity index (χ2v) is 10.7. The summed E-state index contributed by atoms with van der Waals surface area (Å²) in [7, 11) is 0.241. The van der Waals surface area contributed by atoms with Crippen molar-refractivity contribution in [3.8, 4) is 0 Å². The van der Waals surface area contributed by atoms with E-state index in [1.807, 2.05) is 0 Å². The Kier molecular flexibility index (Phi) is 45.3. The monoisotopic (exact) mass is 412 g/mol. The molecule has 0 aliphatic carbocycles. The summed E-state index contributed by atoms with van der Waals surface area (Å²) in [5.74, 6) is 4.42. The molecular weight excluding hydrogens is 388 g/mol. The minimum Gasteiger partial charge on any atom is -0.115 e. The van der Waals surface area contributed by atoms with E-state index in [2.05, 4.69) is 50.9 Å². The molecule has 12 heavy (non-hydrogen) atoms. The van der Waals surface area contributed by atoms with E-state index >= 15 is 0 Å². The van der Waals surface area contributed by atoms with E-state index in [0.29, 0.717) is 0 Å². The first kappa shape index (κ1) is 23.6. The van der Waals surface area contributed by atoms with Crippen molar-refractivity contribution in [1.82, 2.24) is 0 Å². The minimum atomic E-state index is 0. The zero-order valence-corrected chi connectivity index (χ0v) is 16.7. The summed E-state index contributed by atoms with van der Waals surface area (Å²) in [5, 5.41) is 0. The van der Waals surface area contributed by atoms with Crippen LogP contribution in [-0.2, 0) is 0 Å². The largest absolute Gasteiger partial charge is 0.191 e. The normalized spacial score (nSPS) is 7.17. The van der Waals surface area contributed by atoms with Crippen LogP contribution in [0, 0.1) is 0 Å². The Morgan fingerprint density at radius 1 is 0.667 bits per heavy atom. The van der Waals surface area contributed by atoms with Crippen LogP contribution in [0.2, 0.25) is 50.9 Å². The smallest absolute Gasteiger partial charge is 0.115 e. The minimum absolute atomic E-state index is 0. The zero-order chi connectivity index (χ0) is 9.86. The number of rotatable bonds is 0. The van der Waals surface area contributed by atoms with Gasteiger partial charge in [0.15, 0.2) is 15.2 Å².